The van der Waals surface area contributed by atoms with Crippen molar-refractivity contribution >= 4 is 17.7 Å². The number of benzene rings is 1. The Kier molecular flexibility index (Phi) is 6.29. The Morgan fingerprint density at radius 3 is 2.32 bits per heavy atom. The van der Waals surface area contributed by atoms with Gasteiger partial charge < -0.3 is 20.3 Å². The van der Waals surface area contributed by atoms with Gasteiger partial charge in [-0.15, -0.1) is 0 Å². The van der Waals surface area contributed by atoms with Crippen molar-refractivity contribution in [3.63, 3.8) is 0 Å². The largest absolute Gasteiger partial charge is 0.497 e. The number of carbonyl (C=O) groups is 3. The van der Waals surface area contributed by atoms with Crippen LogP contribution in [0.25, 0.3) is 0 Å². The van der Waals surface area contributed by atoms with Gasteiger partial charge in [-0.05, 0) is 37.0 Å². The van der Waals surface area contributed by atoms with E-state index in [1.54, 1.807) is 7.11 Å². The second-order valence-electron chi connectivity index (χ2n) is 9.19. The molecule has 0 unspecified atom stereocenters. The maximum atomic E-state index is 13.1. The molecule has 1 atom stereocenters. The van der Waals surface area contributed by atoms with Crippen LogP contribution in [0.4, 0.5) is 0 Å². The van der Waals surface area contributed by atoms with E-state index >= 15 is 0 Å². The third-order valence-electron chi connectivity index (χ3n) is 7.59. The van der Waals surface area contributed by atoms with Crippen molar-refractivity contribution in [2.75, 3.05) is 33.3 Å². The topological polar surface area (TPSA) is 98.6 Å². The fourth-order valence-corrected chi connectivity index (χ4v) is 5.66. The lowest BCUT2D eigenvalue weighted by atomic mass is 9.83. The van der Waals surface area contributed by atoms with Gasteiger partial charge in [-0.3, -0.25) is 19.3 Å². The fourth-order valence-electron chi connectivity index (χ4n) is 5.66. The first kappa shape index (κ1) is 21.8. The molecule has 31 heavy (non-hydrogen) atoms. The molecule has 0 aromatic heterocycles. The predicted octanol–water partition coefficient (Wildman–Crippen LogP) is -1.71. The van der Waals surface area contributed by atoms with Crippen LogP contribution < -0.4 is 20.3 Å². The molecule has 1 aromatic carbocycles. The van der Waals surface area contributed by atoms with Crippen molar-refractivity contribution in [1.82, 2.24) is 4.90 Å². The Bertz CT molecular complexity index is 826. The molecule has 8 nitrogen and oxygen atoms in total. The van der Waals surface area contributed by atoms with Crippen LogP contribution in [-0.4, -0.2) is 67.5 Å². The molecule has 168 valence electrons. The van der Waals surface area contributed by atoms with Gasteiger partial charge in [0.05, 0.1) is 59.1 Å². The van der Waals surface area contributed by atoms with Crippen molar-refractivity contribution < 1.29 is 28.9 Å². The number of nitrogens with two attached hydrogens (primary N) is 1. The molecular weight excluding hydrogens is 396 g/mol. The number of piperidine rings is 2. The van der Waals surface area contributed by atoms with Crippen LogP contribution >= 0.6 is 0 Å². The summed E-state index contributed by atoms with van der Waals surface area (Å²) in [5.41, 5.74) is 6.29. The van der Waals surface area contributed by atoms with Gasteiger partial charge in [-0.25, -0.2) is 0 Å². The number of ether oxygens (including phenoxy) is 1. The lowest BCUT2D eigenvalue weighted by Gasteiger charge is -2.44. The van der Waals surface area contributed by atoms with Crippen LogP contribution in [0, 0.1) is 0 Å². The minimum Gasteiger partial charge on any atom is -0.497 e. The highest BCUT2D eigenvalue weighted by Gasteiger charge is 2.54. The lowest BCUT2D eigenvalue weighted by Crippen LogP contribution is -3.27. The van der Waals surface area contributed by atoms with Crippen molar-refractivity contribution in [1.29, 1.82) is 0 Å². The average Bonchev–Trinajstić information content (AvgIpc) is 3.08. The quantitative estimate of drug-likeness (QED) is 0.469. The number of likely N-dealkylation sites (tertiary alicyclic amines) is 3. The van der Waals surface area contributed by atoms with Gasteiger partial charge >= 0.3 is 0 Å². The Hall–Kier alpha value is -2.45. The predicted molar refractivity (Wildman–Crippen MR) is 113 cm³/mol. The van der Waals surface area contributed by atoms with Crippen LogP contribution in [0.1, 0.15) is 44.1 Å². The molecule has 3 aliphatic rings. The standard InChI is InChI=1S/C23H32N4O4/c1-31-18-7-5-17(6-8-18)16-27-20(28)15-19(21(27)29)25-13-9-23(10-14-25,22(24)30)26-11-3-2-4-12-26/h5-8,19H,2-4,9-16H2,1H3,(H2,24,30)/p+2/t19-/m1/s1. The van der Waals surface area contributed by atoms with Gasteiger partial charge in [0.15, 0.2) is 11.6 Å². The minimum atomic E-state index is -0.516. The zero-order valence-electron chi connectivity index (χ0n) is 18.3. The number of hydrogen-bond acceptors (Lipinski definition) is 4. The number of rotatable bonds is 6. The first-order valence-electron chi connectivity index (χ1n) is 11.4. The van der Waals surface area contributed by atoms with E-state index in [0.717, 1.165) is 42.1 Å². The second kappa shape index (κ2) is 8.96. The monoisotopic (exact) mass is 430 g/mol. The minimum absolute atomic E-state index is 0.104. The molecule has 3 fully saturated rings. The summed E-state index contributed by atoms with van der Waals surface area (Å²) in [6, 6.07) is 7.07. The van der Waals surface area contributed by atoms with Crippen LogP contribution in [0.3, 0.4) is 0 Å². The second-order valence-corrected chi connectivity index (χ2v) is 9.19. The molecule has 3 saturated heterocycles. The molecule has 0 spiro atoms. The molecule has 4 N–H and O–H groups in total. The van der Waals surface area contributed by atoms with Crippen LogP contribution in [-0.2, 0) is 20.9 Å². The number of hydrogen-bond donors (Lipinski definition) is 3. The van der Waals surface area contributed by atoms with Crippen molar-refractivity contribution in [3.8, 4) is 5.75 Å². The Labute approximate surface area is 183 Å². The average molecular weight is 431 g/mol. The Morgan fingerprint density at radius 2 is 1.74 bits per heavy atom. The number of nitrogens with zero attached hydrogens (tertiary/aromatic N) is 1. The number of imide groups is 1. The van der Waals surface area contributed by atoms with E-state index in [1.807, 2.05) is 24.3 Å². The highest BCUT2D eigenvalue weighted by atomic mass is 16.5. The number of carbonyl (C=O) groups excluding carboxylic acids is 3. The summed E-state index contributed by atoms with van der Waals surface area (Å²) in [5.74, 6) is 0.310. The Morgan fingerprint density at radius 1 is 1.10 bits per heavy atom. The summed E-state index contributed by atoms with van der Waals surface area (Å²) in [4.78, 5) is 42.0. The number of methoxy groups -OCH3 is 1. The normalized spacial score (nSPS) is 29.9. The third kappa shape index (κ3) is 4.19. The summed E-state index contributed by atoms with van der Waals surface area (Å²) in [7, 11) is 1.61. The summed E-state index contributed by atoms with van der Waals surface area (Å²) in [5, 5.41) is 0. The number of nitrogens with one attached hydrogen (secondary N) is 2. The van der Waals surface area contributed by atoms with E-state index in [-0.39, 0.29) is 36.7 Å². The highest BCUT2D eigenvalue weighted by molar-refractivity contribution is 6.04. The first-order chi connectivity index (χ1) is 14.9. The molecule has 0 aliphatic carbocycles. The SMILES string of the molecule is COc1ccc(CN2C(=O)C[C@@H]([NH+]3CCC(C(N)=O)([NH+]4CCCCC4)CC3)C2=O)cc1. The van der Waals surface area contributed by atoms with Crippen molar-refractivity contribution in [2.24, 2.45) is 5.73 Å². The lowest BCUT2D eigenvalue weighted by molar-refractivity contribution is -0.978. The molecule has 0 saturated carbocycles. The molecule has 3 amide bonds. The fraction of sp³-hybridized carbons (Fsp3) is 0.609. The van der Waals surface area contributed by atoms with Gasteiger partial charge in [0.1, 0.15) is 5.75 Å². The summed E-state index contributed by atoms with van der Waals surface area (Å²) < 4.78 is 5.17. The van der Waals surface area contributed by atoms with Crippen molar-refractivity contribution in [3.05, 3.63) is 29.8 Å². The van der Waals surface area contributed by atoms with Crippen molar-refractivity contribution in [2.45, 2.75) is 56.7 Å². The van der Waals surface area contributed by atoms with Gasteiger partial charge in [0.2, 0.25) is 5.91 Å². The number of quaternary nitrogens is 2. The van der Waals surface area contributed by atoms with Gasteiger partial charge in [-0.2, -0.15) is 0 Å². The first-order valence-corrected chi connectivity index (χ1v) is 11.4. The van der Waals surface area contributed by atoms with Crippen LogP contribution in [0.2, 0.25) is 0 Å². The van der Waals surface area contributed by atoms with E-state index < -0.39 is 5.54 Å². The van der Waals surface area contributed by atoms with Gasteiger partial charge in [0, 0.05) is 0 Å². The summed E-state index contributed by atoms with van der Waals surface area (Å²) in [6.45, 7) is 3.68. The number of amides is 3. The highest BCUT2D eigenvalue weighted by Crippen LogP contribution is 2.20. The zero-order chi connectivity index (χ0) is 22.0. The Balaban J connectivity index is 1.40. The van der Waals surface area contributed by atoms with E-state index in [4.69, 9.17) is 10.5 Å². The molecule has 3 heterocycles. The van der Waals surface area contributed by atoms with E-state index in [2.05, 4.69) is 0 Å². The molecule has 8 heteroatoms. The van der Waals surface area contributed by atoms with Gasteiger partial charge in [-0.1, -0.05) is 12.1 Å². The summed E-state index contributed by atoms with van der Waals surface area (Å²) in [6.07, 6.45) is 5.10. The molecule has 0 radical (unpaired) electrons. The maximum Gasteiger partial charge on any atom is 0.288 e. The van der Waals surface area contributed by atoms with Gasteiger partial charge in [0.25, 0.3) is 11.8 Å². The van der Waals surface area contributed by atoms with Crippen LogP contribution in [0.5, 0.6) is 5.75 Å². The number of primary amides is 1. The maximum absolute atomic E-state index is 13.1. The van der Waals surface area contributed by atoms with Crippen LogP contribution in [0.15, 0.2) is 24.3 Å². The molecular formula is C23H34N4O4+2. The molecule has 3 aliphatic heterocycles. The third-order valence-corrected chi connectivity index (χ3v) is 7.59. The molecule has 0 bridgehead atoms. The van der Waals surface area contributed by atoms with E-state index in [0.29, 0.717) is 25.9 Å². The zero-order valence-corrected chi connectivity index (χ0v) is 18.3. The molecule has 1 aromatic rings. The molecule has 4 rings (SSSR count). The smallest absolute Gasteiger partial charge is 0.288 e. The van der Waals surface area contributed by atoms with E-state index in [1.165, 1.54) is 16.2 Å². The summed E-state index contributed by atoms with van der Waals surface area (Å²) >= 11 is 0. The van der Waals surface area contributed by atoms with E-state index in [9.17, 15) is 14.4 Å².